The number of carbonyl (C=O) groups excluding carboxylic acids is 2. The molecule has 26 heavy (non-hydrogen) atoms. The van der Waals surface area contributed by atoms with Crippen molar-refractivity contribution in [2.75, 3.05) is 18.5 Å². The molecule has 1 saturated heterocycles. The van der Waals surface area contributed by atoms with E-state index in [1.54, 1.807) is 36.4 Å². The van der Waals surface area contributed by atoms with Gasteiger partial charge in [0, 0.05) is 12.2 Å². The molecule has 7 nitrogen and oxygen atoms in total. The predicted molar refractivity (Wildman–Crippen MR) is 93.5 cm³/mol. The van der Waals surface area contributed by atoms with Gasteiger partial charge in [-0.2, -0.15) is 0 Å². The maximum atomic E-state index is 13.1. The molecule has 0 bridgehead atoms. The fraction of sp³-hybridized carbons (Fsp3) is 0.222. The van der Waals surface area contributed by atoms with E-state index in [1.165, 1.54) is 12.1 Å². The molecule has 0 saturated carbocycles. The number of anilines is 1. The zero-order valence-corrected chi connectivity index (χ0v) is 13.9. The van der Waals surface area contributed by atoms with Crippen LogP contribution in [0.1, 0.15) is 11.6 Å². The summed E-state index contributed by atoms with van der Waals surface area (Å²) < 4.78 is 18.3. The van der Waals surface area contributed by atoms with E-state index in [9.17, 15) is 14.0 Å². The molecular weight excluding hydrogens is 339 g/mol. The molecule has 1 fully saturated rings. The average molecular weight is 358 g/mol. The second-order valence-electron chi connectivity index (χ2n) is 5.93. The first-order valence-corrected chi connectivity index (χ1v) is 8.09. The molecule has 2 aromatic carbocycles. The quantitative estimate of drug-likeness (QED) is 0.619. The number of halogens is 1. The van der Waals surface area contributed by atoms with Crippen LogP contribution in [0, 0.1) is 11.7 Å². The van der Waals surface area contributed by atoms with Crippen LogP contribution in [-0.4, -0.2) is 25.0 Å². The van der Waals surface area contributed by atoms with Gasteiger partial charge in [0.15, 0.2) is 6.61 Å². The van der Waals surface area contributed by atoms with E-state index < -0.39 is 5.91 Å². The molecule has 2 aromatic rings. The summed E-state index contributed by atoms with van der Waals surface area (Å²) in [7, 11) is 0. The number of hydrazine groups is 1. The van der Waals surface area contributed by atoms with E-state index in [1.807, 2.05) is 0 Å². The summed E-state index contributed by atoms with van der Waals surface area (Å²) in [5, 5.41) is 2.85. The number of primary amides is 1. The van der Waals surface area contributed by atoms with Crippen LogP contribution in [0.25, 0.3) is 0 Å². The minimum Gasteiger partial charge on any atom is -0.484 e. The molecule has 1 aliphatic rings. The van der Waals surface area contributed by atoms with Crippen LogP contribution >= 0.6 is 0 Å². The van der Waals surface area contributed by atoms with E-state index in [-0.39, 0.29) is 30.3 Å². The van der Waals surface area contributed by atoms with E-state index in [0.29, 0.717) is 18.0 Å². The van der Waals surface area contributed by atoms with Gasteiger partial charge < -0.3 is 15.8 Å². The molecule has 136 valence electrons. The van der Waals surface area contributed by atoms with Crippen molar-refractivity contribution in [2.24, 2.45) is 11.7 Å². The molecule has 2 unspecified atom stereocenters. The minimum atomic E-state index is -0.560. The molecular formula is C18H19FN4O3. The van der Waals surface area contributed by atoms with Crippen LogP contribution in [0.15, 0.2) is 48.5 Å². The maximum absolute atomic E-state index is 13.1. The Balaban J connectivity index is 1.63. The summed E-state index contributed by atoms with van der Waals surface area (Å²) >= 11 is 0. The van der Waals surface area contributed by atoms with Gasteiger partial charge in [-0.15, -0.1) is 0 Å². The lowest BCUT2D eigenvalue weighted by atomic mass is 9.94. The number of carbonyl (C=O) groups is 2. The second-order valence-corrected chi connectivity index (χ2v) is 5.93. The zero-order chi connectivity index (χ0) is 18.5. The lowest BCUT2D eigenvalue weighted by molar-refractivity contribution is -0.120. The number of amides is 2. The molecule has 1 heterocycles. The van der Waals surface area contributed by atoms with Gasteiger partial charge >= 0.3 is 0 Å². The van der Waals surface area contributed by atoms with Crippen molar-refractivity contribution < 1.29 is 18.7 Å². The number of ether oxygens (including phenoxy) is 1. The van der Waals surface area contributed by atoms with Crippen molar-refractivity contribution in [1.82, 2.24) is 10.9 Å². The summed E-state index contributed by atoms with van der Waals surface area (Å²) in [6.07, 6.45) is 0. The summed E-state index contributed by atoms with van der Waals surface area (Å²) in [5.74, 6) is -0.918. The maximum Gasteiger partial charge on any atom is 0.255 e. The Morgan fingerprint density at radius 2 is 1.85 bits per heavy atom. The van der Waals surface area contributed by atoms with Gasteiger partial charge in [0.05, 0.1) is 12.0 Å². The molecule has 0 aromatic heterocycles. The van der Waals surface area contributed by atoms with E-state index >= 15 is 0 Å². The van der Waals surface area contributed by atoms with Crippen molar-refractivity contribution in [2.45, 2.75) is 6.04 Å². The number of benzene rings is 2. The minimum absolute atomic E-state index is 0.164. The van der Waals surface area contributed by atoms with Crippen LogP contribution in [0.2, 0.25) is 0 Å². The molecule has 8 heteroatoms. The van der Waals surface area contributed by atoms with Crippen molar-refractivity contribution in [3.63, 3.8) is 0 Å². The summed E-state index contributed by atoms with van der Waals surface area (Å²) in [5.41, 5.74) is 12.5. The lowest BCUT2D eigenvalue weighted by Gasteiger charge is -2.18. The monoisotopic (exact) mass is 358 g/mol. The Bertz CT molecular complexity index is 780. The third-order valence-corrected chi connectivity index (χ3v) is 4.05. The molecule has 0 radical (unpaired) electrons. The highest BCUT2D eigenvalue weighted by Crippen LogP contribution is 2.26. The summed E-state index contributed by atoms with van der Waals surface area (Å²) in [6, 6.07) is 12.4. The van der Waals surface area contributed by atoms with Crippen LogP contribution in [-0.2, 0) is 9.59 Å². The Labute approximate surface area is 149 Å². The van der Waals surface area contributed by atoms with Crippen molar-refractivity contribution >= 4 is 17.5 Å². The number of hydrogen-bond donors (Lipinski definition) is 4. The lowest BCUT2D eigenvalue weighted by Crippen LogP contribution is -2.29. The third kappa shape index (κ3) is 4.35. The van der Waals surface area contributed by atoms with E-state index in [4.69, 9.17) is 10.5 Å². The van der Waals surface area contributed by atoms with Crippen LogP contribution in [0.5, 0.6) is 5.75 Å². The largest absolute Gasteiger partial charge is 0.484 e. The number of nitrogens with one attached hydrogen (secondary N) is 3. The average Bonchev–Trinajstić information content (AvgIpc) is 3.11. The standard InChI is InChI=1S/C18H19FN4O3/c19-12-3-1-11(2-4-12)17-15(9-21-23-17)18(25)22-13-5-7-14(8-6-13)26-10-16(20)24/h1-8,15,17,21,23H,9-10H2,(H2,20,24)(H,22,25). The van der Waals surface area contributed by atoms with E-state index in [0.717, 1.165) is 5.56 Å². The second kappa shape index (κ2) is 7.94. The van der Waals surface area contributed by atoms with Gasteiger partial charge in [0.1, 0.15) is 11.6 Å². The molecule has 5 N–H and O–H groups in total. The fourth-order valence-electron chi connectivity index (χ4n) is 2.75. The van der Waals surface area contributed by atoms with Gasteiger partial charge in [-0.1, -0.05) is 12.1 Å². The molecule has 0 aliphatic carbocycles. The SMILES string of the molecule is NC(=O)COc1ccc(NC(=O)C2CNNC2c2ccc(F)cc2)cc1. The number of nitrogens with two attached hydrogens (primary N) is 1. The molecule has 2 atom stereocenters. The molecule has 1 aliphatic heterocycles. The first-order chi connectivity index (χ1) is 12.5. The Kier molecular flexibility index (Phi) is 5.45. The first-order valence-electron chi connectivity index (χ1n) is 8.09. The van der Waals surface area contributed by atoms with E-state index in [2.05, 4.69) is 16.2 Å². The van der Waals surface area contributed by atoms with Gasteiger partial charge in [-0.25, -0.2) is 9.82 Å². The molecule has 2 amide bonds. The normalized spacial score (nSPS) is 19.1. The van der Waals surface area contributed by atoms with Crippen molar-refractivity contribution in [3.05, 3.63) is 59.9 Å². The van der Waals surface area contributed by atoms with Crippen molar-refractivity contribution in [1.29, 1.82) is 0 Å². The zero-order valence-electron chi connectivity index (χ0n) is 13.9. The Hall–Kier alpha value is -2.97. The highest BCUT2D eigenvalue weighted by molar-refractivity contribution is 5.93. The molecule has 0 spiro atoms. The van der Waals surface area contributed by atoms with Gasteiger partial charge in [0.2, 0.25) is 5.91 Å². The summed E-state index contributed by atoms with van der Waals surface area (Å²) in [4.78, 5) is 23.3. The number of hydrogen-bond acceptors (Lipinski definition) is 5. The van der Waals surface area contributed by atoms with Gasteiger partial charge in [0.25, 0.3) is 5.91 Å². The van der Waals surface area contributed by atoms with Gasteiger partial charge in [-0.3, -0.25) is 15.0 Å². The highest BCUT2D eigenvalue weighted by atomic mass is 19.1. The highest BCUT2D eigenvalue weighted by Gasteiger charge is 2.33. The summed E-state index contributed by atoms with van der Waals surface area (Å²) in [6.45, 7) is 0.248. The number of rotatable bonds is 6. The van der Waals surface area contributed by atoms with Crippen LogP contribution in [0.4, 0.5) is 10.1 Å². The third-order valence-electron chi connectivity index (χ3n) is 4.05. The fourth-order valence-corrected chi connectivity index (χ4v) is 2.75. The Morgan fingerprint density at radius 3 is 2.50 bits per heavy atom. The van der Waals surface area contributed by atoms with Crippen LogP contribution in [0.3, 0.4) is 0 Å². The predicted octanol–water partition coefficient (Wildman–Crippen LogP) is 1.09. The topological polar surface area (TPSA) is 105 Å². The first kappa shape index (κ1) is 17.8. The Morgan fingerprint density at radius 1 is 1.15 bits per heavy atom. The molecule has 3 rings (SSSR count). The van der Waals surface area contributed by atoms with Crippen molar-refractivity contribution in [3.8, 4) is 5.75 Å². The van der Waals surface area contributed by atoms with Crippen LogP contribution < -0.4 is 26.6 Å². The smallest absolute Gasteiger partial charge is 0.255 e. The van der Waals surface area contributed by atoms with Gasteiger partial charge in [-0.05, 0) is 42.0 Å².